The minimum Gasteiger partial charge on any atom is -0.331 e. The standard InChI is InChI=1S/C22H23FN6O/c1-14-9-17-11-18(21-24-25-26-29(21)20(17)10-15(14)2)13-28(22(30)27(3)4)12-16-5-7-19(23)8-6-16/h5-11H,12-13H2,1-4H3. The van der Waals surface area contributed by atoms with E-state index in [2.05, 4.69) is 41.5 Å². The summed E-state index contributed by atoms with van der Waals surface area (Å²) in [6, 6.07) is 12.2. The van der Waals surface area contributed by atoms with Crippen molar-refractivity contribution in [2.24, 2.45) is 0 Å². The van der Waals surface area contributed by atoms with E-state index in [4.69, 9.17) is 0 Å². The first kappa shape index (κ1) is 19.8. The molecule has 4 aromatic rings. The van der Waals surface area contributed by atoms with Gasteiger partial charge in [0.15, 0.2) is 5.65 Å². The number of nitrogens with zero attached hydrogens (tertiary/aromatic N) is 6. The molecule has 154 valence electrons. The molecule has 0 aliphatic rings. The maximum atomic E-state index is 13.3. The van der Waals surface area contributed by atoms with E-state index in [1.807, 2.05) is 6.07 Å². The highest BCUT2D eigenvalue weighted by molar-refractivity contribution is 5.85. The lowest BCUT2D eigenvalue weighted by atomic mass is 10.0. The van der Waals surface area contributed by atoms with Gasteiger partial charge in [-0.3, -0.25) is 0 Å². The van der Waals surface area contributed by atoms with Gasteiger partial charge in [0.2, 0.25) is 0 Å². The first-order chi connectivity index (χ1) is 14.3. The average molecular weight is 406 g/mol. The Kier molecular flexibility index (Phi) is 5.07. The summed E-state index contributed by atoms with van der Waals surface area (Å²) in [6.45, 7) is 4.78. The summed E-state index contributed by atoms with van der Waals surface area (Å²) in [7, 11) is 3.42. The van der Waals surface area contributed by atoms with Crippen LogP contribution in [0.2, 0.25) is 0 Å². The van der Waals surface area contributed by atoms with Crippen molar-refractivity contribution in [2.45, 2.75) is 26.9 Å². The van der Waals surface area contributed by atoms with Crippen LogP contribution in [0.25, 0.3) is 16.6 Å². The number of tetrazole rings is 1. The van der Waals surface area contributed by atoms with Crippen LogP contribution in [0.15, 0.2) is 42.5 Å². The third-order valence-corrected chi connectivity index (χ3v) is 5.26. The van der Waals surface area contributed by atoms with Crippen molar-refractivity contribution in [1.82, 2.24) is 29.8 Å². The number of halogens is 1. The van der Waals surface area contributed by atoms with Gasteiger partial charge in [0.25, 0.3) is 0 Å². The number of benzene rings is 2. The quantitative estimate of drug-likeness (QED) is 0.518. The first-order valence-electron chi connectivity index (χ1n) is 9.65. The SMILES string of the molecule is Cc1cc2cc(CN(Cc3ccc(F)cc3)C(=O)N(C)C)c3nnnn3c2cc1C. The predicted molar refractivity (Wildman–Crippen MR) is 112 cm³/mol. The molecule has 2 amide bonds. The number of urea groups is 1. The van der Waals surface area contributed by atoms with Gasteiger partial charge < -0.3 is 9.80 Å². The zero-order chi connectivity index (χ0) is 21.4. The van der Waals surface area contributed by atoms with Gasteiger partial charge in [-0.05, 0) is 71.3 Å². The van der Waals surface area contributed by atoms with E-state index in [0.717, 1.165) is 27.6 Å². The van der Waals surface area contributed by atoms with Crippen molar-refractivity contribution in [1.29, 1.82) is 0 Å². The zero-order valence-electron chi connectivity index (χ0n) is 17.4. The van der Waals surface area contributed by atoms with E-state index in [9.17, 15) is 9.18 Å². The second-order valence-electron chi connectivity index (χ2n) is 7.74. The topological polar surface area (TPSA) is 66.6 Å². The third-order valence-electron chi connectivity index (χ3n) is 5.26. The van der Waals surface area contributed by atoms with Crippen LogP contribution in [-0.4, -0.2) is 50.0 Å². The maximum Gasteiger partial charge on any atom is 0.320 e. The van der Waals surface area contributed by atoms with Crippen LogP contribution in [0.4, 0.5) is 9.18 Å². The largest absolute Gasteiger partial charge is 0.331 e. The molecular formula is C22H23FN6O. The van der Waals surface area contributed by atoms with Crippen molar-refractivity contribution in [2.75, 3.05) is 14.1 Å². The molecule has 0 saturated heterocycles. The summed E-state index contributed by atoms with van der Waals surface area (Å²) in [4.78, 5) is 16.1. The average Bonchev–Trinajstić information content (AvgIpc) is 3.20. The summed E-state index contributed by atoms with van der Waals surface area (Å²) in [5.41, 5.74) is 5.55. The maximum absolute atomic E-state index is 13.3. The Labute approximate surface area is 173 Å². The monoisotopic (exact) mass is 406 g/mol. The van der Waals surface area contributed by atoms with Crippen molar-refractivity contribution < 1.29 is 9.18 Å². The Morgan fingerprint density at radius 1 is 1.03 bits per heavy atom. The molecule has 0 spiro atoms. The number of amides is 2. The smallest absolute Gasteiger partial charge is 0.320 e. The molecule has 4 rings (SSSR count). The van der Waals surface area contributed by atoms with Gasteiger partial charge in [-0.1, -0.05) is 12.1 Å². The van der Waals surface area contributed by atoms with E-state index in [1.165, 1.54) is 22.6 Å². The van der Waals surface area contributed by atoms with Gasteiger partial charge in [-0.15, -0.1) is 5.10 Å². The van der Waals surface area contributed by atoms with Crippen molar-refractivity contribution >= 4 is 22.6 Å². The van der Waals surface area contributed by atoms with Gasteiger partial charge in [-0.25, -0.2) is 9.18 Å². The molecular weight excluding hydrogens is 383 g/mol. The lowest BCUT2D eigenvalue weighted by Gasteiger charge is -2.26. The molecule has 0 unspecified atom stereocenters. The number of rotatable bonds is 4. The molecule has 0 radical (unpaired) electrons. The van der Waals surface area contributed by atoms with E-state index in [-0.39, 0.29) is 11.8 Å². The van der Waals surface area contributed by atoms with Crippen molar-refractivity contribution in [3.05, 3.63) is 70.5 Å². The fourth-order valence-corrected chi connectivity index (χ4v) is 3.53. The Morgan fingerprint density at radius 3 is 2.43 bits per heavy atom. The second-order valence-corrected chi connectivity index (χ2v) is 7.74. The van der Waals surface area contributed by atoms with Crippen LogP contribution in [0.5, 0.6) is 0 Å². The summed E-state index contributed by atoms with van der Waals surface area (Å²) in [5.74, 6) is -0.305. The highest BCUT2D eigenvalue weighted by atomic mass is 19.1. The minimum absolute atomic E-state index is 0.148. The molecule has 0 atom stereocenters. The fraction of sp³-hybridized carbons (Fsp3) is 0.273. The Bertz CT molecular complexity index is 1230. The van der Waals surface area contributed by atoms with E-state index in [1.54, 1.807) is 35.6 Å². The first-order valence-corrected chi connectivity index (χ1v) is 9.65. The summed E-state index contributed by atoms with van der Waals surface area (Å²) in [5, 5.41) is 13.2. The minimum atomic E-state index is -0.305. The van der Waals surface area contributed by atoms with E-state index in [0.29, 0.717) is 18.7 Å². The van der Waals surface area contributed by atoms with Crippen LogP contribution in [0.3, 0.4) is 0 Å². The van der Waals surface area contributed by atoms with Crippen molar-refractivity contribution in [3.63, 3.8) is 0 Å². The number of aryl methyl sites for hydroxylation is 2. The van der Waals surface area contributed by atoms with E-state index >= 15 is 0 Å². The van der Waals surface area contributed by atoms with Gasteiger partial charge >= 0.3 is 6.03 Å². The number of carbonyl (C=O) groups is 1. The highest BCUT2D eigenvalue weighted by Crippen LogP contribution is 2.24. The normalized spacial score (nSPS) is 11.2. The molecule has 2 aromatic carbocycles. The van der Waals surface area contributed by atoms with Gasteiger partial charge in [0.05, 0.1) is 12.1 Å². The van der Waals surface area contributed by atoms with Gasteiger partial charge in [-0.2, -0.15) is 4.52 Å². The lowest BCUT2D eigenvalue weighted by Crippen LogP contribution is -2.38. The van der Waals surface area contributed by atoms with Crippen LogP contribution in [0, 0.1) is 19.7 Å². The molecule has 30 heavy (non-hydrogen) atoms. The fourth-order valence-electron chi connectivity index (χ4n) is 3.53. The molecule has 8 heteroatoms. The molecule has 0 aliphatic carbocycles. The number of hydrogen-bond donors (Lipinski definition) is 0. The number of carbonyl (C=O) groups excluding carboxylic acids is 1. The third kappa shape index (κ3) is 3.68. The van der Waals surface area contributed by atoms with Crippen LogP contribution < -0.4 is 0 Å². The van der Waals surface area contributed by atoms with Gasteiger partial charge in [0, 0.05) is 31.6 Å². The Balaban J connectivity index is 1.77. The van der Waals surface area contributed by atoms with Gasteiger partial charge in [0.1, 0.15) is 5.82 Å². The molecule has 0 fully saturated rings. The molecule has 0 saturated carbocycles. The van der Waals surface area contributed by atoms with Crippen LogP contribution >= 0.6 is 0 Å². The Morgan fingerprint density at radius 2 is 1.73 bits per heavy atom. The number of pyridine rings is 1. The van der Waals surface area contributed by atoms with Crippen LogP contribution in [-0.2, 0) is 13.1 Å². The molecule has 0 aliphatic heterocycles. The van der Waals surface area contributed by atoms with E-state index < -0.39 is 0 Å². The van der Waals surface area contributed by atoms with Crippen LogP contribution in [0.1, 0.15) is 22.3 Å². The second kappa shape index (κ2) is 7.70. The number of hydrogen-bond acceptors (Lipinski definition) is 4. The van der Waals surface area contributed by atoms with Crippen molar-refractivity contribution in [3.8, 4) is 0 Å². The lowest BCUT2D eigenvalue weighted by molar-refractivity contribution is 0.165. The summed E-state index contributed by atoms with van der Waals surface area (Å²) in [6.07, 6.45) is 0. The zero-order valence-corrected chi connectivity index (χ0v) is 17.4. The highest BCUT2D eigenvalue weighted by Gasteiger charge is 2.20. The molecule has 2 aromatic heterocycles. The molecule has 7 nitrogen and oxygen atoms in total. The Hall–Kier alpha value is -3.55. The number of fused-ring (bicyclic) bond motifs is 3. The number of aromatic nitrogens is 4. The molecule has 0 bridgehead atoms. The predicted octanol–water partition coefficient (Wildman–Crippen LogP) is 3.72. The molecule has 2 heterocycles. The molecule has 0 N–H and O–H groups in total. The summed E-state index contributed by atoms with van der Waals surface area (Å²) >= 11 is 0. The summed E-state index contributed by atoms with van der Waals surface area (Å²) < 4.78 is 15.0.